The van der Waals surface area contributed by atoms with Gasteiger partial charge < -0.3 is 10.2 Å². The van der Waals surface area contributed by atoms with E-state index >= 15 is 0 Å². The van der Waals surface area contributed by atoms with E-state index in [1.54, 1.807) is 35.5 Å². The summed E-state index contributed by atoms with van der Waals surface area (Å²) in [5.41, 5.74) is 2.04. The van der Waals surface area contributed by atoms with Crippen LogP contribution in [-0.4, -0.2) is 39.8 Å². The van der Waals surface area contributed by atoms with Gasteiger partial charge in [-0.3, -0.25) is 14.6 Å². The fourth-order valence-corrected chi connectivity index (χ4v) is 4.92. The first-order valence-corrected chi connectivity index (χ1v) is 11.4. The number of carbonyl (C=O) groups excluding carboxylic acids is 2. The maximum atomic E-state index is 13.2. The number of amides is 2. The second-order valence-electron chi connectivity index (χ2n) is 7.38. The number of hydrogen-bond donors (Lipinski definition) is 1. The molecule has 9 heteroatoms. The van der Waals surface area contributed by atoms with Crippen molar-refractivity contribution in [3.8, 4) is 10.6 Å². The van der Waals surface area contributed by atoms with Crippen molar-refractivity contribution in [1.82, 2.24) is 14.9 Å². The molecule has 1 aliphatic rings. The first-order chi connectivity index (χ1) is 14.9. The zero-order chi connectivity index (χ0) is 22.0. The molecule has 0 radical (unpaired) electrons. The number of pyridine rings is 1. The van der Waals surface area contributed by atoms with Crippen molar-refractivity contribution in [2.75, 3.05) is 18.4 Å². The molecule has 31 heavy (non-hydrogen) atoms. The smallest absolute Gasteiger partial charge is 0.265 e. The minimum atomic E-state index is -0.321. The number of aromatic nitrogens is 2. The minimum Gasteiger partial charge on any atom is -0.337 e. The molecule has 1 atom stereocenters. The second-order valence-corrected chi connectivity index (χ2v) is 9.22. The van der Waals surface area contributed by atoms with E-state index in [4.69, 9.17) is 23.2 Å². The summed E-state index contributed by atoms with van der Waals surface area (Å²) in [6.07, 6.45) is 4.89. The molecule has 3 heterocycles. The number of nitrogens with one attached hydrogen (secondary N) is 1. The van der Waals surface area contributed by atoms with Gasteiger partial charge in [-0.1, -0.05) is 23.2 Å². The topological polar surface area (TPSA) is 75.2 Å². The monoisotopic (exact) mass is 474 g/mol. The first-order valence-electron chi connectivity index (χ1n) is 9.85. The number of benzene rings is 1. The van der Waals surface area contributed by atoms with Crippen molar-refractivity contribution in [3.05, 3.63) is 63.3 Å². The van der Waals surface area contributed by atoms with Gasteiger partial charge in [0.15, 0.2) is 0 Å². The quantitative estimate of drug-likeness (QED) is 0.555. The summed E-state index contributed by atoms with van der Waals surface area (Å²) in [5.74, 6) is -0.582. The molecule has 1 unspecified atom stereocenters. The Hall–Kier alpha value is -2.48. The van der Waals surface area contributed by atoms with Crippen molar-refractivity contribution >= 4 is 52.0 Å². The highest BCUT2D eigenvalue weighted by atomic mass is 35.5. The Kier molecular flexibility index (Phi) is 6.55. The average molecular weight is 475 g/mol. The van der Waals surface area contributed by atoms with E-state index in [0.29, 0.717) is 45.8 Å². The Labute approximate surface area is 194 Å². The van der Waals surface area contributed by atoms with Crippen LogP contribution >= 0.6 is 34.5 Å². The molecule has 2 amide bonds. The number of rotatable bonds is 4. The van der Waals surface area contributed by atoms with Crippen molar-refractivity contribution < 1.29 is 9.59 Å². The molecule has 1 fully saturated rings. The molecule has 2 aromatic heterocycles. The van der Waals surface area contributed by atoms with Crippen molar-refractivity contribution in [1.29, 1.82) is 0 Å². The number of thiazole rings is 1. The van der Waals surface area contributed by atoms with Gasteiger partial charge in [-0.15, -0.1) is 11.3 Å². The van der Waals surface area contributed by atoms with E-state index < -0.39 is 0 Å². The zero-order valence-electron chi connectivity index (χ0n) is 16.8. The third-order valence-corrected chi connectivity index (χ3v) is 6.92. The summed E-state index contributed by atoms with van der Waals surface area (Å²) in [6, 6.07) is 8.68. The van der Waals surface area contributed by atoms with E-state index in [9.17, 15) is 9.59 Å². The maximum Gasteiger partial charge on any atom is 0.265 e. The summed E-state index contributed by atoms with van der Waals surface area (Å²) in [6.45, 7) is 2.79. The lowest BCUT2D eigenvalue weighted by atomic mass is 9.96. The Morgan fingerprint density at radius 3 is 2.87 bits per heavy atom. The van der Waals surface area contributed by atoms with Crippen LogP contribution in [0.3, 0.4) is 0 Å². The van der Waals surface area contributed by atoms with Gasteiger partial charge in [0.25, 0.3) is 5.91 Å². The maximum absolute atomic E-state index is 13.2. The molecule has 1 aromatic carbocycles. The number of aryl methyl sites for hydroxylation is 1. The van der Waals surface area contributed by atoms with Gasteiger partial charge in [0.1, 0.15) is 9.88 Å². The first kappa shape index (κ1) is 21.7. The van der Waals surface area contributed by atoms with Crippen LogP contribution in [0.25, 0.3) is 10.6 Å². The summed E-state index contributed by atoms with van der Waals surface area (Å²) in [7, 11) is 0. The number of anilines is 1. The summed E-state index contributed by atoms with van der Waals surface area (Å²) in [5, 5.41) is 4.52. The summed E-state index contributed by atoms with van der Waals surface area (Å²) in [4.78, 5) is 37.0. The summed E-state index contributed by atoms with van der Waals surface area (Å²) < 4.78 is 0. The Balaban J connectivity index is 1.47. The van der Waals surface area contributed by atoms with E-state index in [2.05, 4.69) is 15.3 Å². The van der Waals surface area contributed by atoms with Gasteiger partial charge >= 0.3 is 0 Å². The lowest BCUT2D eigenvalue weighted by Gasteiger charge is -2.32. The van der Waals surface area contributed by atoms with Crippen LogP contribution in [0.1, 0.15) is 28.2 Å². The number of likely N-dealkylation sites (tertiary alicyclic amines) is 1. The van der Waals surface area contributed by atoms with E-state index in [0.717, 1.165) is 17.0 Å². The van der Waals surface area contributed by atoms with Crippen LogP contribution in [0.4, 0.5) is 5.69 Å². The molecule has 6 nitrogen and oxygen atoms in total. The fraction of sp³-hybridized carbons (Fsp3) is 0.273. The fourth-order valence-electron chi connectivity index (χ4n) is 3.55. The highest BCUT2D eigenvalue weighted by molar-refractivity contribution is 7.17. The number of halogens is 2. The zero-order valence-corrected chi connectivity index (χ0v) is 19.1. The molecule has 0 saturated carbocycles. The SMILES string of the molecule is Cc1nc(-c2cccnc2)sc1C(=O)N1CCCC(C(=O)Nc2cc(Cl)ccc2Cl)C1. The van der Waals surface area contributed by atoms with Gasteiger partial charge in [-0.05, 0) is 50.1 Å². The van der Waals surface area contributed by atoms with Gasteiger partial charge in [-0.25, -0.2) is 4.98 Å². The normalized spacial score (nSPS) is 16.2. The molecule has 1 N–H and O–H groups in total. The van der Waals surface area contributed by atoms with Crippen LogP contribution < -0.4 is 5.32 Å². The van der Waals surface area contributed by atoms with Crippen LogP contribution in [0.15, 0.2) is 42.7 Å². The van der Waals surface area contributed by atoms with Crippen LogP contribution in [-0.2, 0) is 4.79 Å². The van der Waals surface area contributed by atoms with Crippen LogP contribution in [0, 0.1) is 12.8 Å². The van der Waals surface area contributed by atoms with Crippen molar-refractivity contribution in [3.63, 3.8) is 0 Å². The largest absolute Gasteiger partial charge is 0.337 e. The van der Waals surface area contributed by atoms with Gasteiger partial charge in [0, 0.05) is 36.1 Å². The molecular weight excluding hydrogens is 455 g/mol. The highest BCUT2D eigenvalue weighted by Gasteiger charge is 2.31. The Morgan fingerprint density at radius 2 is 2.10 bits per heavy atom. The lowest BCUT2D eigenvalue weighted by molar-refractivity contribution is -0.121. The van der Waals surface area contributed by atoms with Crippen LogP contribution in [0.5, 0.6) is 0 Å². The van der Waals surface area contributed by atoms with Gasteiger partial charge in [0.05, 0.1) is 22.3 Å². The minimum absolute atomic E-state index is 0.0940. The molecule has 0 bridgehead atoms. The average Bonchev–Trinajstić information content (AvgIpc) is 3.18. The number of piperidine rings is 1. The second kappa shape index (κ2) is 9.34. The molecule has 0 spiro atoms. The lowest BCUT2D eigenvalue weighted by Crippen LogP contribution is -2.43. The van der Waals surface area contributed by atoms with E-state index in [-0.39, 0.29) is 17.7 Å². The van der Waals surface area contributed by atoms with Crippen molar-refractivity contribution in [2.45, 2.75) is 19.8 Å². The molecule has 3 aromatic rings. The Bertz CT molecular complexity index is 1120. The standard InChI is InChI=1S/C22H20Cl2N4O2S/c1-13-19(31-21(26-13)14-4-2-8-25-11-14)22(30)28-9-3-5-15(12-28)20(29)27-18-10-16(23)6-7-17(18)24/h2,4,6-8,10-11,15H,3,5,9,12H2,1H3,(H,27,29). The van der Waals surface area contributed by atoms with Crippen molar-refractivity contribution in [2.24, 2.45) is 5.92 Å². The number of carbonyl (C=O) groups is 2. The molecule has 160 valence electrons. The number of hydrogen-bond acceptors (Lipinski definition) is 5. The molecule has 0 aliphatic carbocycles. The highest BCUT2D eigenvalue weighted by Crippen LogP contribution is 2.30. The predicted octanol–water partition coefficient (Wildman–Crippen LogP) is 5.31. The molecule has 1 aliphatic heterocycles. The predicted molar refractivity (Wildman–Crippen MR) is 124 cm³/mol. The molecule has 1 saturated heterocycles. The van der Waals surface area contributed by atoms with Crippen LogP contribution in [0.2, 0.25) is 10.0 Å². The van der Waals surface area contributed by atoms with E-state index in [1.807, 2.05) is 19.1 Å². The third kappa shape index (κ3) is 4.89. The summed E-state index contributed by atoms with van der Waals surface area (Å²) >= 11 is 13.5. The van der Waals surface area contributed by atoms with Gasteiger partial charge in [-0.2, -0.15) is 0 Å². The van der Waals surface area contributed by atoms with E-state index in [1.165, 1.54) is 11.3 Å². The Morgan fingerprint density at radius 1 is 1.26 bits per heavy atom. The number of nitrogens with zero attached hydrogens (tertiary/aromatic N) is 3. The molecular formula is C22H20Cl2N4O2S. The molecule has 4 rings (SSSR count). The van der Waals surface area contributed by atoms with Gasteiger partial charge in [0.2, 0.25) is 5.91 Å². The third-order valence-electron chi connectivity index (χ3n) is 5.16.